The summed E-state index contributed by atoms with van der Waals surface area (Å²) in [7, 11) is 0. The van der Waals surface area contributed by atoms with Gasteiger partial charge >= 0.3 is 0 Å². The monoisotopic (exact) mass is 304 g/mol. The number of hydrogen-bond acceptors (Lipinski definition) is 4. The molecule has 2 amide bonds. The van der Waals surface area contributed by atoms with Crippen LogP contribution in [0.4, 0.5) is 0 Å². The number of carbonyl (C=O) groups excluding carboxylic acids is 2. The lowest BCUT2D eigenvalue weighted by atomic mass is 9.85. The lowest BCUT2D eigenvalue weighted by Gasteiger charge is -2.31. The molecule has 1 atom stereocenters. The van der Waals surface area contributed by atoms with Crippen LogP contribution < -0.4 is 10.6 Å². The van der Waals surface area contributed by atoms with Gasteiger partial charge in [0.25, 0.3) is 0 Å². The average Bonchev–Trinajstić information content (AvgIpc) is 2.30. The Kier molecular flexibility index (Phi) is 7.59. The average molecular weight is 304 g/mol. The molecule has 0 aliphatic heterocycles. The molecule has 0 spiro atoms. The first-order chi connectivity index (χ1) is 9.03. The van der Waals surface area contributed by atoms with E-state index in [1.165, 1.54) is 11.8 Å². The van der Waals surface area contributed by atoms with E-state index >= 15 is 0 Å². The Bertz CT molecular complexity index is 338. The Morgan fingerprint density at radius 3 is 2.15 bits per heavy atom. The van der Waals surface area contributed by atoms with Gasteiger partial charge < -0.3 is 15.7 Å². The molecule has 0 aromatic rings. The fourth-order valence-electron chi connectivity index (χ4n) is 1.64. The van der Waals surface area contributed by atoms with Crippen LogP contribution in [0.2, 0.25) is 0 Å². The number of aliphatic hydroxyl groups excluding tert-OH is 1. The van der Waals surface area contributed by atoms with Crippen LogP contribution in [0.25, 0.3) is 0 Å². The summed E-state index contributed by atoms with van der Waals surface area (Å²) in [6.45, 7) is 9.64. The fourth-order valence-corrected chi connectivity index (χ4v) is 2.52. The molecule has 0 saturated carbocycles. The predicted molar refractivity (Wildman–Crippen MR) is 83.7 cm³/mol. The third kappa shape index (κ3) is 7.14. The van der Waals surface area contributed by atoms with E-state index in [0.29, 0.717) is 6.42 Å². The predicted octanol–water partition coefficient (Wildman–Crippen LogP) is 1.16. The van der Waals surface area contributed by atoms with Crippen molar-refractivity contribution in [3.8, 4) is 0 Å². The van der Waals surface area contributed by atoms with Crippen LogP contribution in [-0.4, -0.2) is 47.1 Å². The van der Waals surface area contributed by atoms with Crippen LogP contribution in [0.3, 0.4) is 0 Å². The third-order valence-electron chi connectivity index (χ3n) is 2.79. The number of amides is 2. The smallest absolute Gasteiger partial charge is 0.233 e. The fraction of sp³-hybridized carbons (Fsp3) is 0.857. The van der Waals surface area contributed by atoms with Crippen LogP contribution in [0.15, 0.2) is 0 Å². The van der Waals surface area contributed by atoms with Crippen molar-refractivity contribution in [2.45, 2.75) is 51.8 Å². The maximum atomic E-state index is 12.3. The number of nitrogens with one attached hydrogen (secondary N) is 2. The molecule has 0 fully saturated rings. The zero-order chi connectivity index (χ0) is 16.0. The van der Waals surface area contributed by atoms with Gasteiger partial charge in [-0.05, 0) is 33.4 Å². The van der Waals surface area contributed by atoms with Gasteiger partial charge in [0, 0.05) is 17.5 Å². The van der Waals surface area contributed by atoms with Gasteiger partial charge in [-0.2, -0.15) is 11.8 Å². The van der Waals surface area contributed by atoms with Crippen molar-refractivity contribution in [3.63, 3.8) is 0 Å². The highest BCUT2D eigenvalue weighted by molar-refractivity contribution is 7.99. The van der Waals surface area contributed by atoms with E-state index in [4.69, 9.17) is 5.11 Å². The lowest BCUT2D eigenvalue weighted by molar-refractivity contribution is -0.131. The number of aliphatic hydroxyl groups is 1. The van der Waals surface area contributed by atoms with E-state index in [9.17, 15) is 9.59 Å². The lowest BCUT2D eigenvalue weighted by Crippen LogP contribution is -2.49. The highest BCUT2D eigenvalue weighted by Gasteiger charge is 2.34. The second-order valence-corrected chi connectivity index (χ2v) is 7.57. The van der Waals surface area contributed by atoms with Crippen molar-refractivity contribution in [2.75, 3.05) is 19.4 Å². The standard InChI is InChI=1S/C14H28N2O3S/c1-13(2,3)16-12(19)14(4,5)9-10(20-6)11(18)15-7-8-17/h10,17H,7-9H2,1-6H3,(H,15,18)(H,16,19). The molecule has 0 aliphatic rings. The zero-order valence-corrected chi connectivity index (χ0v) is 14.2. The van der Waals surface area contributed by atoms with Crippen molar-refractivity contribution in [1.82, 2.24) is 10.6 Å². The summed E-state index contributed by atoms with van der Waals surface area (Å²) in [5.41, 5.74) is -0.917. The topological polar surface area (TPSA) is 78.4 Å². The Morgan fingerprint density at radius 1 is 1.20 bits per heavy atom. The van der Waals surface area contributed by atoms with Crippen LogP contribution >= 0.6 is 11.8 Å². The van der Waals surface area contributed by atoms with Gasteiger partial charge in [0.05, 0.1) is 11.9 Å². The van der Waals surface area contributed by atoms with Crippen LogP contribution in [0.1, 0.15) is 41.0 Å². The summed E-state index contributed by atoms with van der Waals surface area (Å²) in [4.78, 5) is 24.2. The van der Waals surface area contributed by atoms with Crippen molar-refractivity contribution in [1.29, 1.82) is 0 Å². The summed E-state index contributed by atoms with van der Waals surface area (Å²) >= 11 is 1.42. The molecule has 1 unspecified atom stereocenters. The van der Waals surface area contributed by atoms with Crippen molar-refractivity contribution in [3.05, 3.63) is 0 Å². The molecule has 0 radical (unpaired) electrons. The largest absolute Gasteiger partial charge is 0.395 e. The molecule has 5 nitrogen and oxygen atoms in total. The Labute approximate surface area is 126 Å². The van der Waals surface area contributed by atoms with E-state index in [0.717, 1.165) is 0 Å². The molecule has 6 heteroatoms. The van der Waals surface area contributed by atoms with Crippen LogP contribution in [-0.2, 0) is 9.59 Å². The summed E-state index contributed by atoms with van der Waals surface area (Å²) in [5.74, 6) is -0.192. The quantitative estimate of drug-likeness (QED) is 0.659. The molecule has 0 aliphatic carbocycles. The number of thioether (sulfide) groups is 1. The first-order valence-electron chi connectivity index (χ1n) is 6.77. The highest BCUT2D eigenvalue weighted by atomic mass is 32.2. The van der Waals surface area contributed by atoms with Gasteiger partial charge in [0.1, 0.15) is 0 Å². The molecule has 0 aromatic heterocycles. The van der Waals surface area contributed by atoms with Crippen molar-refractivity contribution in [2.24, 2.45) is 5.41 Å². The first-order valence-corrected chi connectivity index (χ1v) is 8.06. The highest BCUT2D eigenvalue weighted by Crippen LogP contribution is 2.28. The Morgan fingerprint density at radius 2 is 1.75 bits per heavy atom. The molecule has 0 heterocycles. The van der Waals surface area contributed by atoms with Crippen molar-refractivity contribution < 1.29 is 14.7 Å². The minimum atomic E-state index is -0.627. The Balaban J connectivity index is 4.69. The second kappa shape index (κ2) is 7.88. The second-order valence-electron chi connectivity index (χ2n) is 6.53. The van der Waals surface area contributed by atoms with E-state index in [1.807, 2.05) is 40.9 Å². The zero-order valence-electron chi connectivity index (χ0n) is 13.4. The minimum absolute atomic E-state index is 0.0565. The Hall–Kier alpha value is -0.750. The molecule has 3 N–H and O–H groups in total. The summed E-state index contributed by atoms with van der Waals surface area (Å²) in [6.07, 6.45) is 2.30. The molecule has 0 aromatic carbocycles. The van der Waals surface area contributed by atoms with Gasteiger partial charge in [0.2, 0.25) is 11.8 Å². The van der Waals surface area contributed by atoms with Gasteiger partial charge in [-0.1, -0.05) is 13.8 Å². The summed E-state index contributed by atoms with van der Waals surface area (Å²) in [6, 6.07) is 0. The molecule has 20 heavy (non-hydrogen) atoms. The maximum absolute atomic E-state index is 12.3. The van der Waals surface area contributed by atoms with Gasteiger partial charge in [-0.3, -0.25) is 9.59 Å². The first kappa shape index (κ1) is 19.2. The normalized spacial score (nSPS) is 13.8. The van der Waals surface area contributed by atoms with Crippen molar-refractivity contribution >= 4 is 23.6 Å². The molecule has 0 bridgehead atoms. The molecule has 118 valence electrons. The number of carbonyl (C=O) groups is 2. The van der Waals surface area contributed by atoms with Gasteiger partial charge in [-0.25, -0.2) is 0 Å². The summed E-state index contributed by atoms with van der Waals surface area (Å²) < 4.78 is 0. The summed E-state index contributed by atoms with van der Waals surface area (Å²) in [5, 5.41) is 14.0. The van der Waals surface area contributed by atoms with Gasteiger partial charge in [0.15, 0.2) is 0 Å². The molecule has 0 saturated heterocycles. The third-order valence-corrected chi connectivity index (χ3v) is 3.74. The molecular formula is C14H28N2O3S. The van der Waals surface area contributed by atoms with Crippen LogP contribution in [0.5, 0.6) is 0 Å². The molecule has 0 rings (SSSR count). The maximum Gasteiger partial charge on any atom is 0.233 e. The van der Waals surface area contributed by atoms with E-state index < -0.39 is 5.41 Å². The molecular weight excluding hydrogens is 276 g/mol. The number of hydrogen-bond donors (Lipinski definition) is 3. The van der Waals surface area contributed by atoms with E-state index in [-0.39, 0.29) is 35.8 Å². The number of rotatable bonds is 7. The van der Waals surface area contributed by atoms with E-state index in [1.54, 1.807) is 0 Å². The SMILES string of the molecule is CSC(CC(C)(C)C(=O)NC(C)(C)C)C(=O)NCCO. The van der Waals surface area contributed by atoms with Gasteiger partial charge in [-0.15, -0.1) is 0 Å². The van der Waals surface area contributed by atoms with Crippen LogP contribution in [0, 0.1) is 5.41 Å². The minimum Gasteiger partial charge on any atom is -0.395 e. The van der Waals surface area contributed by atoms with E-state index in [2.05, 4.69) is 10.6 Å².